The van der Waals surface area contributed by atoms with Crippen molar-refractivity contribution >= 4 is 11.4 Å². The Labute approximate surface area is 107 Å². The molecule has 0 saturated heterocycles. The first-order chi connectivity index (χ1) is 8.85. The molecule has 1 unspecified atom stereocenters. The number of benzene rings is 1. The molecule has 0 amide bonds. The number of hydrogen-bond acceptors (Lipinski definition) is 4. The summed E-state index contributed by atoms with van der Waals surface area (Å²) in [5.41, 5.74) is 2.41. The van der Waals surface area contributed by atoms with Gasteiger partial charge in [0, 0.05) is 12.3 Å². The van der Waals surface area contributed by atoms with Crippen molar-refractivity contribution in [3.8, 4) is 0 Å². The minimum Gasteiger partial charge on any atom is -0.411 e. The second-order valence-electron chi connectivity index (χ2n) is 4.65. The highest BCUT2D eigenvalue weighted by Gasteiger charge is 2.23. The molecule has 1 aliphatic carbocycles. The van der Waals surface area contributed by atoms with Gasteiger partial charge in [0.2, 0.25) is 0 Å². The van der Waals surface area contributed by atoms with E-state index in [1.807, 2.05) is 30.3 Å². The summed E-state index contributed by atoms with van der Waals surface area (Å²) in [6, 6.07) is 9.62. The first-order valence-electron chi connectivity index (χ1n) is 6.32. The molecule has 0 bridgehead atoms. The first-order valence-corrected chi connectivity index (χ1v) is 6.32. The van der Waals surface area contributed by atoms with E-state index in [0.29, 0.717) is 12.1 Å². The van der Waals surface area contributed by atoms with Crippen LogP contribution < -0.4 is 0 Å². The Morgan fingerprint density at radius 3 is 2.61 bits per heavy atom. The van der Waals surface area contributed by atoms with Crippen LogP contribution in [0.4, 0.5) is 0 Å². The van der Waals surface area contributed by atoms with Crippen LogP contribution in [-0.2, 0) is 0 Å². The highest BCUT2D eigenvalue weighted by Crippen LogP contribution is 2.26. The molecule has 1 aliphatic rings. The lowest BCUT2D eigenvalue weighted by molar-refractivity contribution is 0.307. The molecule has 0 heterocycles. The van der Waals surface area contributed by atoms with Gasteiger partial charge >= 0.3 is 0 Å². The zero-order valence-corrected chi connectivity index (χ0v) is 10.3. The standard InChI is InChI=1S/C14H18N2O2/c17-15-13-9-5-4-8-12(13)10-14(16-18)11-6-2-1-3-7-11/h1-3,6-7,12,17-18H,4-5,8-10H2. The second-order valence-corrected chi connectivity index (χ2v) is 4.65. The summed E-state index contributed by atoms with van der Waals surface area (Å²) in [6.07, 6.45) is 4.67. The normalized spacial score (nSPS) is 23.2. The van der Waals surface area contributed by atoms with Crippen LogP contribution in [0.1, 0.15) is 37.7 Å². The summed E-state index contributed by atoms with van der Waals surface area (Å²) in [7, 11) is 0. The third-order valence-electron chi connectivity index (χ3n) is 3.50. The SMILES string of the molecule is ON=C(CC1CCCCC1=NO)c1ccccc1. The van der Waals surface area contributed by atoms with Crippen molar-refractivity contribution in [2.45, 2.75) is 32.1 Å². The maximum atomic E-state index is 9.15. The van der Waals surface area contributed by atoms with Crippen LogP contribution in [0.3, 0.4) is 0 Å². The third-order valence-corrected chi connectivity index (χ3v) is 3.50. The summed E-state index contributed by atoms with van der Waals surface area (Å²) in [5.74, 6) is 0.190. The lowest BCUT2D eigenvalue weighted by Crippen LogP contribution is -2.22. The van der Waals surface area contributed by atoms with Gasteiger partial charge in [-0.25, -0.2) is 0 Å². The molecule has 0 aliphatic heterocycles. The summed E-state index contributed by atoms with van der Waals surface area (Å²) >= 11 is 0. The van der Waals surface area contributed by atoms with E-state index in [0.717, 1.165) is 37.0 Å². The maximum absolute atomic E-state index is 9.15. The van der Waals surface area contributed by atoms with Crippen LogP contribution in [-0.4, -0.2) is 21.8 Å². The van der Waals surface area contributed by atoms with Gasteiger partial charge in [-0.3, -0.25) is 0 Å². The lowest BCUT2D eigenvalue weighted by atomic mass is 9.83. The zero-order chi connectivity index (χ0) is 12.8. The van der Waals surface area contributed by atoms with Crippen molar-refractivity contribution in [2.75, 3.05) is 0 Å². The second kappa shape index (κ2) is 6.19. The van der Waals surface area contributed by atoms with E-state index in [-0.39, 0.29) is 5.92 Å². The molecule has 0 aromatic heterocycles. The van der Waals surface area contributed by atoms with E-state index in [1.54, 1.807) is 0 Å². The van der Waals surface area contributed by atoms with Gasteiger partial charge in [-0.1, -0.05) is 47.1 Å². The minimum atomic E-state index is 0.190. The van der Waals surface area contributed by atoms with E-state index in [2.05, 4.69) is 10.3 Å². The Kier molecular flexibility index (Phi) is 4.34. The molecular weight excluding hydrogens is 228 g/mol. The van der Waals surface area contributed by atoms with Crippen LogP contribution in [0.2, 0.25) is 0 Å². The van der Waals surface area contributed by atoms with Gasteiger partial charge in [0.05, 0.1) is 11.4 Å². The minimum absolute atomic E-state index is 0.190. The zero-order valence-electron chi connectivity index (χ0n) is 10.3. The van der Waals surface area contributed by atoms with Gasteiger partial charge in [0.25, 0.3) is 0 Å². The molecule has 1 saturated carbocycles. The van der Waals surface area contributed by atoms with E-state index in [4.69, 9.17) is 10.4 Å². The lowest BCUT2D eigenvalue weighted by Gasteiger charge is -2.23. The third kappa shape index (κ3) is 2.88. The quantitative estimate of drug-likeness (QED) is 0.488. The van der Waals surface area contributed by atoms with Crippen LogP contribution in [0.25, 0.3) is 0 Å². The predicted octanol–water partition coefficient (Wildman–Crippen LogP) is 3.28. The molecule has 0 spiro atoms. The first kappa shape index (κ1) is 12.6. The predicted molar refractivity (Wildman–Crippen MR) is 70.6 cm³/mol. The van der Waals surface area contributed by atoms with Crippen LogP contribution in [0, 0.1) is 5.92 Å². The van der Waals surface area contributed by atoms with Gasteiger partial charge in [0.1, 0.15) is 0 Å². The van der Waals surface area contributed by atoms with Gasteiger partial charge in [-0.05, 0) is 24.8 Å². The molecule has 4 heteroatoms. The summed E-state index contributed by atoms with van der Waals surface area (Å²) in [6.45, 7) is 0. The van der Waals surface area contributed by atoms with Crippen LogP contribution >= 0.6 is 0 Å². The Balaban J connectivity index is 2.11. The van der Waals surface area contributed by atoms with Crippen molar-refractivity contribution in [2.24, 2.45) is 16.2 Å². The van der Waals surface area contributed by atoms with Crippen molar-refractivity contribution in [1.82, 2.24) is 0 Å². The smallest absolute Gasteiger partial charge is 0.0874 e. The average Bonchev–Trinajstić information content (AvgIpc) is 2.46. The number of oxime groups is 2. The van der Waals surface area contributed by atoms with Crippen molar-refractivity contribution in [1.29, 1.82) is 0 Å². The molecule has 96 valence electrons. The highest BCUT2D eigenvalue weighted by molar-refractivity contribution is 6.03. The van der Waals surface area contributed by atoms with Crippen molar-refractivity contribution in [3.05, 3.63) is 35.9 Å². The molecule has 1 atom stereocenters. The Morgan fingerprint density at radius 2 is 1.94 bits per heavy atom. The number of hydrogen-bond donors (Lipinski definition) is 2. The molecule has 1 aromatic carbocycles. The van der Waals surface area contributed by atoms with Crippen molar-refractivity contribution in [3.63, 3.8) is 0 Å². The van der Waals surface area contributed by atoms with E-state index in [1.165, 1.54) is 0 Å². The average molecular weight is 246 g/mol. The van der Waals surface area contributed by atoms with Crippen LogP contribution in [0.5, 0.6) is 0 Å². The molecular formula is C14H18N2O2. The fraction of sp³-hybridized carbons (Fsp3) is 0.429. The Bertz CT molecular complexity index is 440. The molecule has 0 radical (unpaired) electrons. The Hall–Kier alpha value is -1.84. The van der Waals surface area contributed by atoms with Crippen molar-refractivity contribution < 1.29 is 10.4 Å². The molecule has 4 nitrogen and oxygen atoms in total. The van der Waals surface area contributed by atoms with Gasteiger partial charge in [0.15, 0.2) is 0 Å². The summed E-state index contributed by atoms with van der Waals surface area (Å²) in [4.78, 5) is 0. The van der Waals surface area contributed by atoms with E-state index in [9.17, 15) is 0 Å². The molecule has 2 N–H and O–H groups in total. The van der Waals surface area contributed by atoms with E-state index >= 15 is 0 Å². The van der Waals surface area contributed by atoms with E-state index < -0.39 is 0 Å². The number of nitrogens with zero attached hydrogens (tertiary/aromatic N) is 2. The molecule has 18 heavy (non-hydrogen) atoms. The number of rotatable bonds is 3. The van der Waals surface area contributed by atoms with Gasteiger partial charge in [-0.2, -0.15) is 0 Å². The fourth-order valence-electron chi connectivity index (χ4n) is 2.50. The van der Waals surface area contributed by atoms with Gasteiger partial charge < -0.3 is 10.4 Å². The topological polar surface area (TPSA) is 65.2 Å². The molecule has 1 fully saturated rings. The Morgan fingerprint density at radius 1 is 1.17 bits per heavy atom. The monoisotopic (exact) mass is 246 g/mol. The largest absolute Gasteiger partial charge is 0.411 e. The fourth-order valence-corrected chi connectivity index (χ4v) is 2.50. The van der Waals surface area contributed by atoms with Gasteiger partial charge in [-0.15, -0.1) is 0 Å². The molecule has 1 aromatic rings. The maximum Gasteiger partial charge on any atom is 0.0874 e. The molecule has 2 rings (SSSR count). The summed E-state index contributed by atoms with van der Waals surface area (Å²) < 4.78 is 0. The highest BCUT2D eigenvalue weighted by atomic mass is 16.4. The van der Waals surface area contributed by atoms with Crippen LogP contribution in [0.15, 0.2) is 40.6 Å². The summed E-state index contributed by atoms with van der Waals surface area (Å²) in [5, 5.41) is 24.9.